The minimum atomic E-state index is -1.11. The van der Waals surface area contributed by atoms with Crippen molar-refractivity contribution in [1.82, 2.24) is 0 Å². The summed E-state index contributed by atoms with van der Waals surface area (Å²) in [6, 6.07) is 11.1. The molecule has 1 atom stereocenters. The zero-order valence-electron chi connectivity index (χ0n) is 20.0. The maximum absolute atomic E-state index is 13.2. The van der Waals surface area contributed by atoms with Gasteiger partial charge in [-0.2, -0.15) is 0 Å². The molecule has 1 unspecified atom stereocenters. The van der Waals surface area contributed by atoms with Crippen LogP contribution in [0.25, 0.3) is 0 Å². The molecule has 8 heteroatoms. The molecule has 0 bridgehead atoms. The zero-order chi connectivity index (χ0) is 24.0. The number of benzene rings is 2. The summed E-state index contributed by atoms with van der Waals surface area (Å²) >= 11 is 0. The summed E-state index contributed by atoms with van der Waals surface area (Å²) in [5.41, 5.74) is 3.07. The molecule has 174 valence electrons. The van der Waals surface area contributed by atoms with Crippen molar-refractivity contribution in [3.05, 3.63) is 53.1 Å². The molecule has 1 fully saturated rings. The summed E-state index contributed by atoms with van der Waals surface area (Å²) in [5, 5.41) is 2.87. The molecule has 33 heavy (non-hydrogen) atoms. The van der Waals surface area contributed by atoms with E-state index in [-0.39, 0.29) is 0 Å². The standard InChI is InChI=1S/C25H30BNO6/c1-15-14-18(10-11-20(15)26-32-24(3,4)25(5,6)33-26)27-23(29)22(31-16(2)28)19-9-7-8-17-12-13-30-21(17)19/h7-11,14,22H,12-13H2,1-6H3,(H,27,29). The van der Waals surface area contributed by atoms with Gasteiger partial charge in [0.05, 0.1) is 17.8 Å². The van der Waals surface area contributed by atoms with Crippen LogP contribution in [0.1, 0.15) is 57.4 Å². The van der Waals surface area contributed by atoms with Crippen molar-refractivity contribution >= 4 is 30.1 Å². The van der Waals surface area contributed by atoms with E-state index in [0.29, 0.717) is 23.6 Å². The Morgan fingerprint density at radius 2 is 1.79 bits per heavy atom. The number of para-hydroxylation sites is 1. The van der Waals surface area contributed by atoms with Gasteiger partial charge in [0.1, 0.15) is 5.75 Å². The van der Waals surface area contributed by atoms with Crippen LogP contribution in [-0.4, -0.2) is 36.8 Å². The number of rotatable bonds is 5. The highest BCUT2D eigenvalue weighted by Gasteiger charge is 2.52. The average molecular weight is 451 g/mol. The molecule has 2 aromatic rings. The molecule has 2 aromatic carbocycles. The Kier molecular flexibility index (Phi) is 6.01. The van der Waals surface area contributed by atoms with Crippen LogP contribution in [0.3, 0.4) is 0 Å². The van der Waals surface area contributed by atoms with Crippen molar-refractivity contribution in [3.63, 3.8) is 0 Å². The van der Waals surface area contributed by atoms with Gasteiger partial charge in [-0.3, -0.25) is 9.59 Å². The van der Waals surface area contributed by atoms with E-state index in [4.69, 9.17) is 18.8 Å². The summed E-state index contributed by atoms with van der Waals surface area (Å²) in [5.74, 6) is -0.374. The van der Waals surface area contributed by atoms with E-state index < -0.39 is 36.3 Å². The lowest BCUT2D eigenvalue weighted by Gasteiger charge is -2.32. The second-order valence-electron chi connectivity index (χ2n) is 9.57. The molecule has 0 aromatic heterocycles. The summed E-state index contributed by atoms with van der Waals surface area (Å²) in [7, 11) is -0.488. The first kappa shape index (κ1) is 23.3. The number of carbonyl (C=O) groups excluding carboxylic acids is 2. The van der Waals surface area contributed by atoms with Crippen molar-refractivity contribution < 1.29 is 28.4 Å². The fourth-order valence-corrected chi connectivity index (χ4v) is 4.07. The smallest absolute Gasteiger partial charge is 0.493 e. The molecule has 2 aliphatic heterocycles. The van der Waals surface area contributed by atoms with E-state index >= 15 is 0 Å². The van der Waals surface area contributed by atoms with Crippen LogP contribution in [0.15, 0.2) is 36.4 Å². The van der Waals surface area contributed by atoms with Crippen LogP contribution in [0.4, 0.5) is 5.69 Å². The van der Waals surface area contributed by atoms with Gasteiger partial charge in [0.15, 0.2) is 0 Å². The van der Waals surface area contributed by atoms with E-state index in [1.54, 1.807) is 12.1 Å². The number of esters is 1. The van der Waals surface area contributed by atoms with Gasteiger partial charge in [0.25, 0.3) is 5.91 Å². The van der Waals surface area contributed by atoms with Crippen LogP contribution in [0.2, 0.25) is 0 Å². The first-order chi connectivity index (χ1) is 15.5. The lowest BCUT2D eigenvalue weighted by atomic mass is 9.76. The van der Waals surface area contributed by atoms with E-state index in [2.05, 4.69) is 5.32 Å². The highest BCUT2D eigenvalue weighted by Crippen LogP contribution is 2.37. The van der Waals surface area contributed by atoms with Gasteiger partial charge in [0, 0.05) is 24.6 Å². The van der Waals surface area contributed by atoms with Gasteiger partial charge in [0.2, 0.25) is 6.10 Å². The molecule has 0 spiro atoms. The van der Waals surface area contributed by atoms with E-state index in [1.165, 1.54) is 6.92 Å². The predicted molar refractivity (Wildman–Crippen MR) is 126 cm³/mol. The SMILES string of the molecule is CC(=O)OC(C(=O)Nc1ccc(B2OC(C)(C)C(C)(C)O2)c(C)c1)c1cccc2c1OCC2. The Hall–Kier alpha value is -2.84. The Labute approximate surface area is 194 Å². The molecule has 0 radical (unpaired) electrons. The molecular weight excluding hydrogens is 421 g/mol. The normalized spacial score (nSPS) is 18.9. The molecule has 1 amide bonds. The summed E-state index contributed by atoms with van der Waals surface area (Å²) in [4.78, 5) is 24.9. The number of ether oxygens (including phenoxy) is 2. The number of anilines is 1. The Bertz CT molecular complexity index is 1080. The zero-order valence-corrected chi connectivity index (χ0v) is 20.0. The van der Waals surface area contributed by atoms with Crippen molar-refractivity contribution in [2.75, 3.05) is 11.9 Å². The van der Waals surface area contributed by atoms with Crippen molar-refractivity contribution in [3.8, 4) is 5.75 Å². The third-order valence-corrected chi connectivity index (χ3v) is 6.59. The van der Waals surface area contributed by atoms with E-state index in [0.717, 1.165) is 23.0 Å². The Balaban J connectivity index is 1.55. The molecule has 1 N–H and O–H groups in total. The molecular formula is C25H30BNO6. The molecule has 0 aliphatic carbocycles. The lowest BCUT2D eigenvalue weighted by Crippen LogP contribution is -2.41. The fourth-order valence-electron chi connectivity index (χ4n) is 4.07. The van der Waals surface area contributed by atoms with Gasteiger partial charge in [-0.15, -0.1) is 0 Å². The van der Waals surface area contributed by atoms with Gasteiger partial charge >= 0.3 is 13.1 Å². The van der Waals surface area contributed by atoms with Crippen LogP contribution < -0.4 is 15.5 Å². The number of hydrogen-bond acceptors (Lipinski definition) is 6. The highest BCUT2D eigenvalue weighted by molar-refractivity contribution is 6.62. The topological polar surface area (TPSA) is 83.1 Å². The second-order valence-corrected chi connectivity index (χ2v) is 9.57. The Morgan fingerprint density at radius 1 is 1.09 bits per heavy atom. The van der Waals surface area contributed by atoms with Gasteiger partial charge in [-0.25, -0.2) is 0 Å². The first-order valence-electron chi connectivity index (χ1n) is 11.2. The van der Waals surface area contributed by atoms with Crippen molar-refractivity contribution in [2.24, 2.45) is 0 Å². The van der Waals surface area contributed by atoms with E-state index in [1.807, 2.05) is 58.9 Å². The number of hydrogen-bond donors (Lipinski definition) is 1. The average Bonchev–Trinajstić information content (AvgIpc) is 3.27. The lowest BCUT2D eigenvalue weighted by molar-refractivity contribution is -0.152. The second kappa shape index (κ2) is 8.50. The molecule has 7 nitrogen and oxygen atoms in total. The number of nitrogens with one attached hydrogen (secondary N) is 1. The van der Waals surface area contributed by atoms with E-state index in [9.17, 15) is 9.59 Å². The molecule has 4 rings (SSSR count). The minimum absolute atomic E-state index is 0.438. The van der Waals surface area contributed by atoms with Gasteiger partial charge in [-0.05, 0) is 63.3 Å². The van der Waals surface area contributed by atoms with Crippen LogP contribution in [0.5, 0.6) is 5.75 Å². The summed E-state index contributed by atoms with van der Waals surface area (Å²) < 4.78 is 23.4. The maximum atomic E-state index is 13.2. The third kappa shape index (κ3) is 4.50. The van der Waals surface area contributed by atoms with Crippen LogP contribution in [0, 0.1) is 6.92 Å². The highest BCUT2D eigenvalue weighted by atomic mass is 16.7. The molecule has 2 aliphatic rings. The molecule has 0 saturated carbocycles. The van der Waals surface area contributed by atoms with Crippen molar-refractivity contribution in [2.45, 2.75) is 65.3 Å². The summed E-state index contributed by atoms with van der Waals surface area (Å²) in [6.07, 6.45) is -0.351. The molecule has 1 saturated heterocycles. The fraction of sp³-hybridized carbons (Fsp3) is 0.440. The van der Waals surface area contributed by atoms with Crippen LogP contribution in [-0.2, 0) is 30.1 Å². The quantitative estimate of drug-likeness (QED) is 0.554. The van der Waals surface area contributed by atoms with Gasteiger partial charge < -0.3 is 24.1 Å². The molecule has 2 heterocycles. The number of aryl methyl sites for hydroxylation is 1. The van der Waals surface area contributed by atoms with Gasteiger partial charge in [-0.1, -0.05) is 24.3 Å². The monoisotopic (exact) mass is 451 g/mol. The predicted octanol–water partition coefficient (Wildman–Crippen LogP) is 3.47. The first-order valence-corrected chi connectivity index (χ1v) is 11.2. The Morgan fingerprint density at radius 3 is 2.42 bits per heavy atom. The van der Waals surface area contributed by atoms with Crippen LogP contribution >= 0.6 is 0 Å². The number of carbonyl (C=O) groups is 2. The third-order valence-electron chi connectivity index (χ3n) is 6.59. The maximum Gasteiger partial charge on any atom is 0.495 e. The number of amides is 1. The largest absolute Gasteiger partial charge is 0.495 e. The minimum Gasteiger partial charge on any atom is -0.493 e. The summed E-state index contributed by atoms with van der Waals surface area (Å²) in [6.45, 7) is 11.8. The van der Waals surface area contributed by atoms with Crippen molar-refractivity contribution in [1.29, 1.82) is 0 Å². The number of fused-ring (bicyclic) bond motifs is 1.